The molecule has 4 rings (SSSR count). The summed E-state index contributed by atoms with van der Waals surface area (Å²) in [6, 6.07) is 8.46. The van der Waals surface area contributed by atoms with Crippen molar-refractivity contribution in [3.63, 3.8) is 0 Å². The lowest BCUT2D eigenvalue weighted by Gasteiger charge is -2.04. The number of aromatic hydroxyl groups is 1. The largest absolute Gasteiger partial charge is 0.508 e. The van der Waals surface area contributed by atoms with Crippen LogP contribution in [0.2, 0.25) is 0 Å². The summed E-state index contributed by atoms with van der Waals surface area (Å²) in [5.74, 6) is 0.732. The van der Waals surface area contributed by atoms with Crippen LogP contribution in [-0.4, -0.2) is 10.1 Å². The Bertz CT molecular complexity index is 955. The number of allylic oxidation sites excluding steroid dienone is 1. The smallest absolute Gasteiger partial charge is 0.196 e. The van der Waals surface area contributed by atoms with Gasteiger partial charge in [-0.25, -0.2) is 0 Å². The van der Waals surface area contributed by atoms with Crippen LogP contribution in [0.15, 0.2) is 51.9 Å². The Balaban J connectivity index is 1.92. The van der Waals surface area contributed by atoms with Crippen molar-refractivity contribution in [2.75, 3.05) is 0 Å². The fourth-order valence-electron chi connectivity index (χ4n) is 2.88. The van der Waals surface area contributed by atoms with Crippen LogP contribution < -0.4 is 5.43 Å². The van der Waals surface area contributed by atoms with E-state index >= 15 is 0 Å². The normalized spacial score (nSPS) is 15.4. The van der Waals surface area contributed by atoms with Crippen molar-refractivity contribution < 1.29 is 9.52 Å². The molecule has 2 aromatic heterocycles. The monoisotopic (exact) mass is 291 g/mol. The molecular formula is C18H13NO3. The summed E-state index contributed by atoms with van der Waals surface area (Å²) >= 11 is 0. The third-order valence-electron chi connectivity index (χ3n) is 3.93. The van der Waals surface area contributed by atoms with Crippen molar-refractivity contribution in [3.05, 3.63) is 69.8 Å². The van der Waals surface area contributed by atoms with Crippen molar-refractivity contribution >= 4 is 22.6 Å². The zero-order chi connectivity index (χ0) is 15.1. The van der Waals surface area contributed by atoms with Gasteiger partial charge in [0.2, 0.25) is 0 Å². The number of phenols is 1. The molecule has 1 aliphatic rings. The maximum atomic E-state index is 12.6. The maximum absolute atomic E-state index is 12.6. The van der Waals surface area contributed by atoms with Crippen LogP contribution in [0.5, 0.6) is 5.75 Å². The molecule has 1 N–H and O–H groups in total. The van der Waals surface area contributed by atoms with Gasteiger partial charge >= 0.3 is 0 Å². The molecule has 1 aromatic carbocycles. The van der Waals surface area contributed by atoms with E-state index in [-0.39, 0.29) is 11.2 Å². The number of pyridine rings is 1. The lowest BCUT2D eigenvalue weighted by Crippen LogP contribution is -2.08. The number of hydrogen-bond acceptors (Lipinski definition) is 4. The van der Waals surface area contributed by atoms with E-state index in [9.17, 15) is 9.90 Å². The molecule has 0 aliphatic heterocycles. The number of nitrogens with zero attached hydrogens (tertiary/aromatic N) is 1. The quantitative estimate of drug-likeness (QED) is 0.746. The first-order chi connectivity index (χ1) is 10.7. The van der Waals surface area contributed by atoms with E-state index < -0.39 is 0 Å². The molecule has 1 aliphatic carbocycles. The average molecular weight is 291 g/mol. The molecule has 108 valence electrons. The second-order valence-corrected chi connectivity index (χ2v) is 5.38. The SMILES string of the molecule is O=c1c2c(oc3ccc(O)cc13)C(=Cc1cccnc1)CC2. The molecule has 0 atom stereocenters. The first-order valence-electron chi connectivity index (χ1n) is 7.12. The van der Waals surface area contributed by atoms with Gasteiger partial charge in [-0.1, -0.05) is 6.07 Å². The zero-order valence-corrected chi connectivity index (χ0v) is 11.7. The highest BCUT2D eigenvalue weighted by atomic mass is 16.3. The minimum absolute atomic E-state index is 0.0539. The van der Waals surface area contributed by atoms with E-state index in [1.807, 2.05) is 18.2 Å². The predicted octanol–water partition coefficient (Wildman–Crippen LogP) is 3.38. The van der Waals surface area contributed by atoms with Crippen molar-refractivity contribution in [2.45, 2.75) is 12.8 Å². The first-order valence-corrected chi connectivity index (χ1v) is 7.12. The lowest BCUT2D eigenvalue weighted by molar-refractivity contribution is 0.475. The minimum Gasteiger partial charge on any atom is -0.508 e. The highest BCUT2D eigenvalue weighted by Gasteiger charge is 2.23. The van der Waals surface area contributed by atoms with E-state index in [2.05, 4.69) is 4.98 Å². The Hall–Kier alpha value is -2.88. The van der Waals surface area contributed by atoms with Crippen molar-refractivity contribution in [1.29, 1.82) is 0 Å². The van der Waals surface area contributed by atoms with Crippen LogP contribution in [-0.2, 0) is 6.42 Å². The summed E-state index contributed by atoms with van der Waals surface area (Å²) in [7, 11) is 0. The summed E-state index contributed by atoms with van der Waals surface area (Å²) in [5.41, 5.74) is 3.13. The zero-order valence-electron chi connectivity index (χ0n) is 11.7. The molecule has 0 saturated carbocycles. The Morgan fingerprint density at radius 1 is 1.23 bits per heavy atom. The summed E-state index contributed by atoms with van der Waals surface area (Å²) in [6.07, 6.45) is 6.95. The molecule has 3 aromatic rings. The predicted molar refractivity (Wildman–Crippen MR) is 84.6 cm³/mol. The van der Waals surface area contributed by atoms with Gasteiger partial charge in [0.1, 0.15) is 17.1 Å². The molecule has 0 radical (unpaired) electrons. The van der Waals surface area contributed by atoms with Crippen molar-refractivity contribution in [3.8, 4) is 5.75 Å². The second kappa shape index (κ2) is 4.84. The molecular weight excluding hydrogens is 278 g/mol. The summed E-state index contributed by atoms with van der Waals surface area (Å²) in [5, 5.41) is 9.98. The Kier molecular flexibility index (Phi) is 2.82. The number of hydrogen-bond donors (Lipinski definition) is 1. The van der Waals surface area contributed by atoms with Gasteiger partial charge in [0.25, 0.3) is 0 Å². The number of phenolic OH excluding ortho intramolecular Hbond substituents is 1. The van der Waals surface area contributed by atoms with E-state index in [1.165, 1.54) is 12.1 Å². The molecule has 4 heteroatoms. The van der Waals surface area contributed by atoms with E-state index in [1.54, 1.807) is 18.5 Å². The van der Waals surface area contributed by atoms with Gasteiger partial charge in [-0.05, 0) is 54.3 Å². The molecule has 0 fully saturated rings. The van der Waals surface area contributed by atoms with Crippen LogP contribution in [0.3, 0.4) is 0 Å². The van der Waals surface area contributed by atoms with E-state index in [4.69, 9.17) is 4.42 Å². The van der Waals surface area contributed by atoms with Crippen LogP contribution in [0, 0.1) is 0 Å². The third kappa shape index (κ3) is 2.00. The van der Waals surface area contributed by atoms with Crippen LogP contribution >= 0.6 is 0 Å². The van der Waals surface area contributed by atoms with Crippen molar-refractivity contribution in [2.24, 2.45) is 0 Å². The van der Waals surface area contributed by atoms with Gasteiger partial charge in [0.15, 0.2) is 5.43 Å². The van der Waals surface area contributed by atoms with Gasteiger partial charge < -0.3 is 9.52 Å². The standard InChI is InChI=1S/C18H13NO3/c20-13-4-6-16-15(9-13)17(21)14-5-3-12(18(14)22-16)8-11-2-1-7-19-10-11/h1-2,4,6-10,20H,3,5H2. The van der Waals surface area contributed by atoms with Gasteiger partial charge in [-0.15, -0.1) is 0 Å². The highest BCUT2D eigenvalue weighted by Crippen LogP contribution is 2.34. The topological polar surface area (TPSA) is 63.3 Å². The van der Waals surface area contributed by atoms with E-state index in [0.29, 0.717) is 28.7 Å². The number of fused-ring (bicyclic) bond motifs is 2. The van der Waals surface area contributed by atoms with Crippen LogP contribution in [0.25, 0.3) is 22.6 Å². The van der Waals surface area contributed by atoms with Gasteiger partial charge in [-0.2, -0.15) is 0 Å². The summed E-state index contributed by atoms with van der Waals surface area (Å²) < 4.78 is 5.93. The fraction of sp³-hybridized carbons (Fsp3) is 0.111. The molecule has 4 nitrogen and oxygen atoms in total. The molecule has 0 saturated heterocycles. The Morgan fingerprint density at radius 3 is 2.95 bits per heavy atom. The molecule has 0 unspecified atom stereocenters. The molecule has 2 heterocycles. The summed E-state index contributed by atoms with van der Waals surface area (Å²) in [4.78, 5) is 16.7. The number of benzene rings is 1. The summed E-state index contributed by atoms with van der Waals surface area (Å²) in [6.45, 7) is 0. The van der Waals surface area contributed by atoms with Crippen LogP contribution in [0.4, 0.5) is 0 Å². The van der Waals surface area contributed by atoms with E-state index in [0.717, 1.165) is 17.6 Å². The molecule has 22 heavy (non-hydrogen) atoms. The average Bonchev–Trinajstić information content (AvgIpc) is 2.93. The molecule has 0 spiro atoms. The Labute approximate surface area is 126 Å². The minimum atomic E-state index is -0.0539. The number of aromatic nitrogens is 1. The van der Waals surface area contributed by atoms with Gasteiger partial charge in [0, 0.05) is 18.0 Å². The second-order valence-electron chi connectivity index (χ2n) is 5.38. The maximum Gasteiger partial charge on any atom is 0.196 e. The van der Waals surface area contributed by atoms with Crippen molar-refractivity contribution in [1.82, 2.24) is 4.98 Å². The lowest BCUT2D eigenvalue weighted by atomic mass is 10.1. The first kappa shape index (κ1) is 12.8. The Morgan fingerprint density at radius 2 is 2.14 bits per heavy atom. The molecule has 0 bridgehead atoms. The highest BCUT2D eigenvalue weighted by molar-refractivity contribution is 5.87. The van der Waals surface area contributed by atoms with Gasteiger partial charge in [-0.3, -0.25) is 9.78 Å². The van der Waals surface area contributed by atoms with Gasteiger partial charge in [0.05, 0.1) is 5.39 Å². The number of rotatable bonds is 1. The van der Waals surface area contributed by atoms with Crippen LogP contribution in [0.1, 0.15) is 23.3 Å². The fourth-order valence-corrected chi connectivity index (χ4v) is 2.88. The molecule has 0 amide bonds. The third-order valence-corrected chi connectivity index (χ3v) is 3.93.